The van der Waals surface area contributed by atoms with Gasteiger partial charge >= 0.3 is 0 Å². The highest BCUT2D eigenvalue weighted by Gasteiger charge is 2.19. The van der Waals surface area contributed by atoms with Gasteiger partial charge in [-0.2, -0.15) is 0 Å². The van der Waals surface area contributed by atoms with Crippen molar-refractivity contribution in [2.24, 2.45) is 5.73 Å². The molecule has 1 atom stereocenters. The lowest BCUT2D eigenvalue weighted by Crippen LogP contribution is -2.22. The Morgan fingerprint density at radius 2 is 1.90 bits per heavy atom. The van der Waals surface area contributed by atoms with Gasteiger partial charge in [-0.25, -0.2) is 0 Å². The van der Waals surface area contributed by atoms with E-state index >= 15 is 0 Å². The zero-order chi connectivity index (χ0) is 14.1. The number of hydrogen-bond acceptors (Lipinski definition) is 2. The number of Topliss-reactive ketones (excluding diaryl/α,β-unsaturated/α-hetero) is 1. The Hall–Kier alpha value is -1.93. The predicted molar refractivity (Wildman–Crippen MR) is 81.9 cm³/mol. The van der Waals surface area contributed by atoms with E-state index in [9.17, 15) is 4.79 Å². The van der Waals surface area contributed by atoms with Crippen molar-refractivity contribution < 1.29 is 4.79 Å². The third kappa shape index (κ3) is 2.27. The smallest absolute Gasteiger partial charge is 0.164 e. The second-order valence-corrected chi connectivity index (χ2v) is 5.50. The Kier molecular flexibility index (Phi) is 3.41. The lowest BCUT2D eigenvalue weighted by molar-refractivity contribution is 0.0974. The number of carbonyl (C=O) groups excluding carboxylic acids is 1. The minimum absolute atomic E-state index is 0.0343. The molecule has 102 valence electrons. The average molecular weight is 265 g/mol. The number of hydrogen-bond donors (Lipinski definition) is 1. The van der Waals surface area contributed by atoms with E-state index in [4.69, 9.17) is 5.73 Å². The summed E-state index contributed by atoms with van der Waals surface area (Å²) in [6, 6.07) is 14.5. The fourth-order valence-electron chi connectivity index (χ4n) is 2.82. The normalized spacial score (nSPS) is 13.7. The molecule has 2 heteroatoms. The molecule has 0 fully saturated rings. The molecule has 1 aliphatic rings. The van der Waals surface area contributed by atoms with E-state index in [1.807, 2.05) is 19.1 Å². The Bertz CT molecular complexity index is 660. The van der Waals surface area contributed by atoms with Crippen LogP contribution in [0.2, 0.25) is 0 Å². The van der Waals surface area contributed by atoms with Crippen LogP contribution in [0.4, 0.5) is 0 Å². The molecule has 1 unspecified atom stereocenters. The minimum Gasteiger partial charge on any atom is -0.327 e. The van der Waals surface area contributed by atoms with E-state index in [0.29, 0.717) is 6.42 Å². The summed E-state index contributed by atoms with van der Waals surface area (Å²) in [6.45, 7) is 2.01. The number of ketones is 1. The Balaban J connectivity index is 1.89. The first-order valence-electron chi connectivity index (χ1n) is 7.19. The van der Waals surface area contributed by atoms with E-state index < -0.39 is 0 Å². The summed E-state index contributed by atoms with van der Waals surface area (Å²) >= 11 is 0. The van der Waals surface area contributed by atoms with Gasteiger partial charge in [0.15, 0.2) is 5.78 Å². The van der Waals surface area contributed by atoms with E-state index in [2.05, 4.69) is 30.3 Å². The van der Waals surface area contributed by atoms with Crippen LogP contribution in [0.3, 0.4) is 0 Å². The Morgan fingerprint density at radius 3 is 2.70 bits per heavy atom. The molecule has 2 N–H and O–H groups in total. The summed E-state index contributed by atoms with van der Waals surface area (Å²) in [4.78, 5) is 12.2. The molecule has 0 aliphatic heterocycles. The first kappa shape index (κ1) is 13.1. The van der Waals surface area contributed by atoms with Gasteiger partial charge in [0.25, 0.3) is 0 Å². The molecular formula is C18H19NO. The molecule has 0 amide bonds. The SMILES string of the molecule is CCC(N)CC(=O)c1ccc2c(c1)Cc1ccccc1-2. The van der Waals surface area contributed by atoms with Crippen LogP contribution in [0.15, 0.2) is 42.5 Å². The summed E-state index contributed by atoms with van der Waals surface area (Å²) in [6.07, 6.45) is 2.19. The molecular weight excluding hydrogens is 246 g/mol. The molecule has 1 aliphatic carbocycles. The molecule has 0 radical (unpaired) electrons. The maximum Gasteiger partial charge on any atom is 0.164 e. The topological polar surface area (TPSA) is 43.1 Å². The summed E-state index contributed by atoms with van der Waals surface area (Å²) < 4.78 is 0. The van der Waals surface area contributed by atoms with E-state index in [1.165, 1.54) is 22.3 Å². The van der Waals surface area contributed by atoms with Gasteiger partial charge in [0.05, 0.1) is 0 Å². The highest BCUT2D eigenvalue weighted by Crippen LogP contribution is 2.36. The maximum atomic E-state index is 12.2. The first-order chi connectivity index (χ1) is 9.69. The van der Waals surface area contributed by atoms with Crippen molar-refractivity contribution in [2.75, 3.05) is 0 Å². The molecule has 20 heavy (non-hydrogen) atoms. The molecule has 2 nitrogen and oxygen atoms in total. The summed E-state index contributed by atoms with van der Waals surface area (Å²) in [5.41, 5.74) is 11.8. The standard InChI is InChI=1S/C18H19NO/c1-2-15(19)11-18(20)13-7-8-17-14(10-13)9-12-5-3-4-6-16(12)17/h3-8,10,15H,2,9,11,19H2,1H3. The van der Waals surface area contributed by atoms with Crippen LogP contribution in [-0.4, -0.2) is 11.8 Å². The Labute approximate surface area is 119 Å². The van der Waals surface area contributed by atoms with Gasteiger partial charge in [-0.1, -0.05) is 43.3 Å². The minimum atomic E-state index is -0.0343. The molecule has 0 heterocycles. The molecule has 0 saturated heterocycles. The molecule has 2 aromatic rings. The van der Waals surface area contributed by atoms with Gasteiger partial charge in [-0.15, -0.1) is 0 Å². The molecule has 0 bridgehead atoms. The second-order valence-electron chi connectivity index (χ2n) is 5.50. The fourth-order valence-corrected chi connectivity index (χ4v) is 2.82. The summed E-state index contributed by atoms with van der Waals surface area (Å²) in [7, 11) is 0. The number of benzene rings is 2. The van der Waals surface area contributed by atoms with Crippen LogP contribution in [-0.2, 0) is 6.42 Å². The van der Waals surface area contributed by atoms with Crippen molar-refractivity contribution in [3.63, 3.8) is 0 Å². The zero-order valence-electron chi connectivity index (χ0n) is 11.7. The monoisotopic (exact) mass is 265 g/mol. The molecule has 0 aromatic heterocycles. The largest absolute Gasteiger partial charge is 0.327 e. The average Bonchev–Trinajstić information content (AvgIpc) is 2.84. The van der Waals surface area contributed by atoms with Crippen LogP contribution in [0, 0.1) is 0 Å². The van der Waals surface area contributed by atoms with Gasteiger partial charge < -0.3 is 5.73 Å². The molecule has 0 saturated carbocycles. The van der Waals surface area contributed by atoms with Crippen molar-refractivity contribution in [3.05, 3.63) is 59.2 Å². The highest BCUT2D eigenvalue weighted by atomic mass is 16.1. The van der Waals surface area contributed by atoms with Crippen molar-refractivity contribution in [2.45, 2.75) is 32.2 Å². The van der Waals surface area contributed by atoms with Gasteiger partial charge in [0, 0.05) is 18.0 Å². The van der Waals surface area contributed by atoms with Crippen LogP contribution >= 0.6 is 0 Å². The van der Waals surface area contributed by atoms with E-state index in [0.717, 1.165) is 18.4 Å². The van der Waals surface area contributed by atoms with Crippen molar-refractivity contribution in [3.8, 4) is 11.1 Å². The van der Waals surface area contributed by atoms with Gasteiger partial charge in [0.1, 0.15) is 0 Å². The molecule has 3 rings (SSSR count). The summed E-state index contributed by atoms with van der Waals surface area (Å²) in [5.74, 6) is 0.151. The van der Waals surface area contributed by atoms with Gasteiger partial charge in [-0.3, -0.25) is 4.79 Å². The quantitative estimate of drug-likeness (QED) is 0.733. The van der Waals surface area contributed by atoms with E-state index in [1.54, 1.807) is 0 Å². The van der Waals surface area contributed by atoms with Crippen LogP contribution < -0.4 is 5.73 Å². The third-order valence-electron chi connectivity index (χ3n) is 4.09. The zero-order valence-corrected chi connectivity index (χ0v) is 11.7. The number of carbonyl (C=O) groups is 1. The van der Waals surface area contributed by atoms with Crippen molar-refractivity contribution in [1.29, 1.82) is 0 Å². The highest BCUT2D eigenvalue weighted by molar-refractivity contribution is 5.97. The number of nitrogens with two attached hydrogens (primary N) is 1. The third-order valence-corrected chi connectivity index (χ3v) is 4.09. The van der Waals surface area contributed by atoms with E-state index in [-0.39, 0.29) is 11.8 Å². The summed E-state index contributed by atoms with van der Waals surface area (Å²) in [5, 5.41) is 0. The lowest BCUT2D eigenvalue weighted by atomic mass is 9.98. The molecule has 0 spiro atoms. The number of fused-ring (bicyclic) bond motifs is 3. The lowest BCUT2D eigenvalue weighted by Gasteiger charge is -2.09. The van der Waals surface area contributed by atoms with Crippen molar-refractivity contribution in [1.82, 2.24) is 0 Å². The Morgan fingerprint density at radius 1 is 1.15 bits per heavy atom. The fraction of sp³-hybridized carbons (Fsp3) is 0.278. The van der Waals surface area contributed by atoms with Crippen LogP contribution in [0.25, 0.3) is 11.1 Å². The number of rotatable bonds is 4. The van der Waals surface area contributed by atoms with Gasteiger partial charge in [-0.05, 0) is 41.2 Å². The molecule has 2 aromatic carbocycles. The van der Waals surface area contributed by atoms with Crippen LogP contribution in [0.1, 0.15) is 41.3 Å². The van der Waals surface area contributed by atoms with Crippen molar-refractivity contribution >= 4 is 5.78 Å². The van der Waals surface area contributed by atoms with Gasteiger partial charge in [0.2, 0.25) is 0 Å². The maximum absolute atomic E-state index is 12.2. The first-order valence-corrected chi connectivity index (χ1v) is 7.19. The predicted octanol–water partition coefficient (Wildman–Crippen LogP) is 3.57. The second kappa shape index (κ2) is 5.22. The van der Waals surface area contributed by atoms with Crippen LogP contribution in [0.5, 0.6) is 0 Å².